The van der Waals surface area contributed by atoms with Crippen LogP contribution in [0.25, 0.3) is 0 Å². The molecule has 1 aliphatic carbocycles. The van der Waals surface area contributed by atoms with E-state index >= 15 is 0 Å². The summed E-state index contributed by atoms with van der Waals surface area (Å²) < 4.78 is 4.80. The third-order valence-electron chi connectivity index (χ3n) is 4.17. The van der Waals surface area contributed by atoms with Crippen LogP contribution in [0.4, 0.5) is 0 Å². The lowest BCUT2D eigenvalue weighted by molar-refractivity contribution is -0.152. The molecule has 0 aromatic carbocycles. The van der Waals surface area contributed by atoms with E-state index in [1.54, 1.807) is 0 Å². The van der Waals surface area contributed by atoms with Gasteiger partial charge in [0.1, 0.15) is 0 Å². The predicted octanol–water partition coefficient (Wildman–Crippen LogP) is 1.32. The Balaban J connectivity index is 2.44. The number of hydrogen-bond acceptors (Lipinski definition) is 4. The molecule has 1 rings (SSSR count). The van der Waals surface area contributed by atoms with Crippen LogP contribution in [0.15, 0.2) is 0 Å². The quantitative estimate of drug-likeness (QED) is 0.588. The summed E-state index contributed by atoms with van der Waals surface area (Å²) in [4.78, 5) is 23.6. The van der Waals surface area contributed by atoms with Crippen molar-refractivity contribution in [1.29, 1.82) is 0 Å². The van der Waals surface area contributed by atoms with Gasteiger partial charge in [-0.15, -0.1) is 0 Å². The van der Waals surface area contributed by atoms with Gasteiger partial charge in [-0.3, -0.25) is 9.59 Å². The van der Waals surface area contributed by atoms with Crippen molar-refractivity contribution in [2.75, 3.05) is 20.3 Å². The molecule has 1 atom stereocenters. The maximum absolute atomic E-state index is 12.0. The van der Waals surface area contributed by atoms with Crippen LogP contribution in [0.5, 0.6) is 0 Å². The molecule has 0 bridgehead atoms. The Morgan fingerprint density at radius 3 is 2.38 bits per heavy atom. The van der Waals surface area contributed by atoms with Gasteiger partial charge in [-0.2, -0.15) is 0 Å². The largest absolute Gasteiger partial charge is 0.481 e. The van der Waals surface area contributed by atoms with E-state index in [-0.39, 0.29) is 18.9 Å². The van der Waals surface area contributed by atoms with E-state index in [1.165, 1.54) is 7.11 Å². The molecule has 1 aliphatic rings. The first kappa shape index (κ1) is 17.9. The van der Waals surface area contributed by atoms with Gasteiger partial charge in [0.2, 0.25) is 5.91 Å². The summed E-state index contributed by atoms with van der Waals surface area (Å²) in [5, 5.41) is 21.7. The maximum atomic E-state index is 12.0. The maximum Gasteiger partial charge on any atom is 0.310 e. The van der Waals surface area contributed by atoms with Gasteiger partial charge in [-0.1, -0.05) is 25.7 Å². The first-order chi connectivity index (χ1) is 10.00. The molecule has 1 amide bonds. The highest BCUT2D eigenvalue weighted by Crippen LogP contribution is 2.38. The molecule has 3 N–H and O–H groups in total. The number of carboxylic acids is 1. The monoisotopic (exact) mass is 301 g/mol. The van der Waals surface area contributed by atoms with Crippen molar-refractivity contribution in [2.45, 2.75) is 57.5 Å². The van der Waals surface area contributed by atoms with Crippen molar-refractivity contribution in [1.82, 2.24) is 5.32 Å². The number of amides is 1. The molecule has 0 aliphatic heterocycles. The summed E-state index contributed by atoms with van der Waals surface area (Å²) in [6.07, 6.45) is 4.78. The minimum Gasteiger partial charge on any atom is -0.481 e. The Morgan fingerprint density at radius 2 is 1.86 bits per heavy atom. The fourth-order valence-electron chi connectivity index (χ4n) is 2.90. The molecule has 1 saturated carbocycles. The molecular formula is C15H27NO5. The Kier molecular flexibility index (Phi) is 7.67. The van der Waals surface area contributed by atoms with Crippen LogP contribution < -0.4 is 5.32 Å². The molecule has 1 unspecified atom stereocenters. The van der Waals surface area contributed by atoms with Crippen molar-refractivity contribution < 1.29 is 24.5 Å². The Labute approximate surface area is 125 Å². The summed E-state index contributed by atoms with van der Waals surface area (Å²) in [6.45, 7) is 0.563. The average Bonchev–Trinajstić information content (AvgIpc) is 2.65. The fraction of sp³-hybridized carbons (Fsp3) is 0.867. The van der Waals surface area contributed by atoms with Gasteiger partial charge < -0.3 is 20.3 Å². The smallest absolute Gasteiger partial charge is 0.310 e. The van der Waals surface area contributed by atoms with Crippen molar-refractivity contribution >= 4 is 11.9 Å². The van der Waals surface area contributed by atoms with E-state index in [2.05, 4.69) is 5.32 Å². The van der Waals surface area contributed by atoms with Crippen LogP contribution in [-0.2, 0) is 14.3 Å². The van der Waals surface area contributed by atoms with Gasteiger partial charge in [-0.25, -0.2) is 0 Å². The Bertz CT molecular complexity index is 337. The summed E-state index contributed by atoms with van der Waals surface area (Å²) in [5.41, 5.74) is -0.911. The molecule has 0 aromatic rings. The molecule has 0 radical (unpaired) electrons. The van der Waals surface area contributed by atoms with Gasteiger partial charge in [0.15, 0.2) is 0 Å². The van der Waals surface area contributed by atoms with Crippen molar-refractivity contribution in [3.05, 3.63) is 0 Å². The number of aliphatic hydroxyl groups is 1. The third-order valence-corrected chi connectivity index (χ3v) is 4.17. The molecule has 1 fully saturated rings. The van der Waals surface area contributed by atoms with E-state index in [1.807, 2.05) is 0 Å². The van der Waals surface area contributed by atoms with Crippen molar-refractivity contribution in [2.24, 2.45) is 5.41 Å². The Hall–Kier alpha value is -1.14. The zero-order valence-corrected chi connectivity index (χ0v) is 12.8. The van der Waals surface area contributed by atoms with E-state index in [9.17, 15) is 19.8 Å². The topological polar surface area (TPSA) is 95.9 Å². The number of nitrogens with one attached hydrogen (secondary N) is 1. The van der Waals surface area contributed by atoms with Gasteiger partial charge in [0.25, 0.3) is 0 Å². The van der Waals surface area contributed by atoms with Gasteiger partial charge in [-0.05, 0) is 19.3 Å². The van der Waals surface area contributed by atoms with Crippen LogP contribution in [0.2, 0.25) is 0 Å². The number of carboxylic acid groups (broad SMARTS) is 1. The standard InChI is InChI=1S/C15H27NO5/c1-21-11-12(17)6-9-16-13(18)10-15(14(19)20)7-4-2-3-5-8-15/h12,17H,2-11H2,1H3,(H,16,18)(H,19,20). The number of carbonyl (C=O) groups excluding carboxylic acids is 1. The number of rotatable bonds is 8. The molecule has 0 aromatic heterocycles. The van der Waals surface area contributed by atoms with Crippen molar-refractivity contribution in [3.8, 4) is 0 Å². The molecule has 21 heavy (non-hydrogen) atoms. The highest BCUT2D eigenvalue weighted by Gasteiger charge is 2.40. The minimum atomic E-state index is -0.911. The van der Waals surface area contributed by atoms with Gasteiger partial charge in [0, 0.05) is 20.1 Å². The highest BCUT2D eigenvalue weighted by atomic mass is 16.5. The molecule has 0 heterocycles. The highest BCUT2D eigenvalue weighted by molar-refractivity contribution is 5.85. The zero-order chi connectivity index (χ0) is 15.7. The Morgan fingerprint density at radius 1 is 1.24 bits per heavy atom. The van der Waals surface area contributed by atoms with Gasteiger partial charge in [0.05, 0.1) is 18.1 Å². The second-order valence-corrected chi connectivity index (χ2v) is 5.92. The second-order valence-electron chi connectivity index (χ2n) is 5.92. The first-order valence-corrected chi connectivity index (χ1v) is 7.67. The number of hydrogen-bond donors (Lipinski definition) is 3. The fourth-order valence-corrected chi connectivity index (χ4v) is 2.90. The molecule has 122 valence electrons. The third kappa shape index (κ3) is 6.01. The lowest BCUT2D eigenvalue weighted by atomic mass is 9.77. The van der Waals surface area contributed by atoms with Crippen molar-refractivity contribution in [3.63, 3.8) is 0 Å². The van der Waals surface area contributed by atoms with Crippen LogP contribution in [-0.4, -0.2) is 48.5 Å². The van der Waals surface area contributed by atoms with Gasteiger partial charge >= 0.3 is 5.97 Å². The molecular weight excluding hydrogens is 274 g/mol. The summed E-state index contributed by atoms with van der Waals surface area (Å²) in [5.74, 6) is -1.11. The summed E-state index contributed by atoms with van der Waals surface area (Å²) >= 11 is 0. The number of methoxy groups -OCH3 is 1. The van der Waals surface area contributed by atoms with Crippen LogP contribution in [0.3, 0.4) is 0 Å². The first-order valence-electron chi connectivity index (χ1n) is 7.67. The minimum absolute atomic E-state index is 0.0305. The lowest BCUT2D eigenvalue weighted by Gasteiger charge is -2.27. The molecule has 0 saturated heterocycles. The summed E-state index contributed by atoms with van der Waals surface area (Å²) in [6, 6.07) is 0. The molecule has 0 spiro atoms. The second kappa shape index (κ2) is 9.00. The SMILES string of the molecule is COCC(O)CCNC(=O)CC1(C(=O)O)CCCCCC1. The van der Waals surface area contributed by atoms with E-state index in [4.69, 9.17) is 4.74 Å². The average molecular weight is 301 g/mol. The summed E-state index contributed by atoms with van der Waals surface area (Å²) in [7, 11) is 1.50. The van der Waals surface area contributed by atoms with E-state index < -0.39 is 17.5 Å². The number of ether oxygens (including phenoxy) is 1. The van der Waals surface area contributed by atoms with Crippen LogP contribution in [0, 0.1) is 5.41 Å². The normalized spacial score (nSPS) is 19.5. The van der Waals surface area contributed by atoms with Crippen LogP contribution >= 0.6 is 0 Å². The number of aliphatic carboxylic acids is 1. The molecule has 6 heteroatoms. The lowest BCUT2D eigenvalue weighted by Crippen LogP contribution is -2.38. The number of aliphatic hydroxyl groups excluding tert-OH is 1. The van der Waals surface area contributed by atoms with Crippen LogP contribution in [0.1, 0.15) is 51.4 Å². The number of carbonyl (C=O) groups is 2. The zero-order valence-electron chi connectivity index (χ0n) is 12.8. The predicted molar refractivity (Wildman–Crippen MR) is 77.9 cm³/mol. The molecule has 6 nitrogen and oxygen atoms in total. The van der Waals surface area contributed by atoms with E-state index in [0.29, 0.717) is 25.8 Å². The van der Waals surface area contributed by atoms with E-state index in [0.717, 1.165) is 25.7 Å².